The summed E-state index contributed by atoms with van der Waals surface area (Å²) in [6, 6.07) is 1.56. The molecule has 1 saturated heterocycles. The Labute approximate surface area is 117 Å². The molecule has 5 nitrogen and oxygen atoms in total. The van der Waals surface area contributed by atoms with Crippen LogP contribution >= 0.6 is 11.6 Å². The first-order valence-corrected chi connectivity index (χ1v) is 6.98. The molecular weight excluding hydrogens is 268 g/mol. The first kappa shape index (κ1) is 14.4. The zero-order valence-corrected chi connectivity index (χ0v) is 11.5. The van der Waals surface area contributed by atoms with Crippen LogP contribution in [0.15, 0.2) is 16.7 Å². The van der Waals surface area contributed by atoms with Crippen molar-refractivity contribution in [3.8, 4) is 0 Å². The van der Waals surface area contributed by atoms with Crippen molar-refractivity contribution in [1.82, 2.24) is 10.6 Å². The van der Waals surface area contributed by atoms with E-state index < -0.39 is 0 Å². The lowest BCUT2D eigenvalue weighted by atomic mass is 10.1. The van der Waals surface area contributed by atoms with E-state index in [9.17, 15) is 4.79 Å². The SMILES string of the molecule is O=C(NCCCOC1CCNCC1)c1ccoc1Cl. The summed E-state index contributed by atoms with van der Waals surface area (Å²) in [6.45, 7) is 3.30. The highest BCUT2D eigenvalue weighted by atomic mass is 35.5. The maximum absolute atomic E-state index is 11.7. The minimum Gasteiger partial charge on any atom is -0.452 e. The molecule has 6 heteroatoms. The first-order valence-electron chi connectivity index (χ1n) is 6.61. The zero-order chi connectivity index (χ0) is 13.5. The van der Waals surface area contributed by atoms with Crippen LogP contribution in [0.1, 0.15) is 29.6 Å². The minimum atomic E-state index is -0.208. The maximum atomic E-state index is 11.7. The number of hydrogen-bond acceptors (Lipinski definition) is 4. The van der Waals surface area contributed by atoms with E-state index in [2.05, 4.69) is 10.6 Å². The molecule has 0 aromatic carbocycles. The largest absolute Gasteiger partial charge is 0.452 e. The van der Waals surface area contributed by atoms with Gasteiger partial charge in [-0.15, -0.1) is 0 Å². The van der Waals surface area contributed by atoms with Crippen molar-refractivity contribution in [2.45, 2.75) is 25.4 Å². The topological polar surface area (TPSA) is 63.5 Å². The quantitative estimate of drug-likeness (QED) is 0.783. The number of nitrogens with one attached hydrogen (secondary N) is 2. The molecule has 0 unspecified atom stereocenters. The van der Waals surface area contributed by atoms with Gasteiger partial charge in [-0.25, -0.2) is 0 Å². The van der Waals surface area contributed by atoms with Crippen molar-refractivity contribution in [3.63, 3.8) is 0 Å². The van der Waals surface area contributed by atoms with Gasteiger partial charge in [-0.3, -0.25) is 4.79 Å². The molecular formula is C13H19ClN2O3. The molecule has 2 rings (SSSR count). The predicted molar refractivity (Wildman–Crippen MR) is 72.5 cm³/mol. The average Bonchev–Trinajstić information content (AvgIpc) is 2.86. The van der Waals surface area contributed by atoms with Gasteiger partial charge in [0.2, 0.25) is 5.22 Å². The molecule has 1 aromatic rings. The maximum Gasteiger partial charge on any atom is 0.256 e. The van der Waals surface area contributed by atoms with Gasteiger partial charge in [0, 0.05) is 13.2 Å². The van der Waals surface area contributed by atoms with Gasteiger partial charge in [-0.2, -0.15) is 0 Å². The summed E-state index contributed by atoms with van der Waals surface area (Å²) in [5, 5.41) is 6.21. The van der Waals surface area contributed by atoms with Gasteiger partial charge in [0.15, 0.2) is 0 Å². The third-order valence-corrected chi connectivity index (χ3v) is 3.40. The van der Waals surface area contributed by atoms with Crippen molar-refractivity contribution in [3.05, 3.63) is 23.1 Å². The van der Waals surface area contributed by atoms with Crippen molar-refractivity contribution < 1.29 is 13.9 Å². The Morgan fingerprint density at radius 2 is 2.32 bits per heavy atom. The molecule has 1 aliphatic rings. The van der Waals surface area contributed by atoms with Crippen LogP contribution in [0, 0.1) is 0 Å². The lowest BCUT2D eigenvalue weighted by molar-refractivity contribution is 0.0318. The number of carbonyl (C=O) groups is 1. The zero-order valence-electron chi connectivity index (χ0n) is 10.8. The Balaban J connectivity index is 1.56. The Bertz CT molecular complexity index is 402. The van der Waals surface area contributed by atoms with E-state index in [1.165, 1.54) is 6.26 Å². The van der Waals surface area contributed by atoms with E-state index in [1.807, 2.05) is 0 Å². The molecule has 0 atom stereocenters. The second-order valence-corrected chi connectivity index (χ2v) is 4.88. The van der Waals surface area contributed by atoms with Crippen molar-refractivity contribution in [1.29, 1.82) is 0 Å². The molecule has 0 aliphatic carbocycles. The fourth-order valence-corrected chi connectivity index (χ4v) is 2.24. The van der Waals surface area contributed by atoms with E-state index in [-0.39, 0.29) is 11.1 Å². The Morgan fingerprint density at radius 1 is 1.53 bits per heavy atom. The number of rotatable bonds is 6. The Hall–Kier alpha value is -1.04. The third-order valence-electron chi connectivity index (χ3n) is 3.11. The summed E-state index contributed by atoms with van der Waals surface area (Å²) in [5.74, 6) is -0.208. The van der Waals surface area contributed by atoms with E-state index >= 15 is 0 Å². The van der Waals surface area contributed by atoms with Crippen LogP contribution in [0.2, 0.25) is 5.22 Å². The highest BCUT2D eigenvalue weighted by Crippen LogP contribution is 2.16. The molecule has 0 spiro atoms. The molecule has 0 saturated carbocycles. The van der Waals surface area contributed by atoms with Crippen molar-refractivity contribution >= 4 is 17.5 Å². The fourth-order valence-electron chi connectivity index (χ4n) is 2.04. The molecule has 0 bridgehead atoms. The fraction of sp³-hybridized carbons (Fsp3) is 0.615. The van der Waals surface area contributed by atoms with Gasteiger partial charge in [0.25, 0.3) is 5.91 Å². The van der Waals surface area contributed by atoms with Crippen molar-refractivity contribution in [2.75, 3.05) is 26.2 Å². The van der Waals surface area contributed by atoms with E-state index in [1.54, 1.807) is 6.07 Å². The van der Waals surface area contributed by atoms with Crippen LogP contribution in [0.5, 0.6) is 0 Å². The molecule has 1 aromatic heterocycles. The number of amides is 1. The van der Waals surface area contributed by atoms with Gasteiger partial charge in [0.1, 0.15) is 0 Å². The van der Waals surface area contributed by atoms with E-state index in [0.717, 1.165) is 32.4 Å². The van der Waals surface area contributed by atoms with Crippen LogP contribution in [0.4, 0.5) is 0 Å². The average molecular weight is 287 g/mol. The number of halogens is 1. The second-order valence-electron chi connectivity index (χ2n) is 4.54. The van der Waals surface area contributed by atoms with Gasteiger partial charge < -0.3 is 19.8 Å². The summed E-state index contributed by atoms with van der Waals surface area (Å²) < 4.78 is 10.6. The third kappa shape index (κ3) is 4.53. The highest BCUT2D eigenvalue weighted by molar-refractivity contribution is 6.32. The van der Waals surface area contributed by atoms with Crippen molar-refractivity contribution in [2.24, 2.45) is 0 Å². The predicted octanol–water partition coefficient (Wildman–Crippen LogP) is 1.82. The summed E-state index contributed by atoms with van der Waals surface area (Å²) in [4.78, 5) is 11.7. The first-order chi connectivity index (χ1) is 9.27. The monoisotopic (exact) mass is 286 g/mol. The molecule has 106 valence electrons. The van der Waals surface area contributed by atoms with Crippen LogP contribution in [-0.2, 0) is 4.74 Å². The summed E-state index contributed by atoms with van der Waals surface area (Å²) >= 11 is 5.72. The van der Waals surface area contributed by atoms with E-state index in [0.29, 0.717) is 24.8 Å². The van der Waals surface area contributed by atoms with Crippen LogP contribution in [0.3, 0.4) is 0 Å². The summed E-state index contributed by atoms with van der Waals surface area (Å²) in [6.07, 6.45) is 4.69. The smallest absolute Gasteiger partial charge is 0.256 e. The number of piperidine rings is 1. The molecule has 1 amide bonds. The Kier molecular flexibility index (Phi) is 5.69. The standard InChI is InChI=1S/C13H19ClN2O3/c14-12-11(4-9-19-12)13(17)16-5-1-8-18-10-2-6-15-7-3-10/h4,9-10,15H,1-3,5-8H2,(H,16,17). The number of furan rings is 1. The number of ether oxygens (including phenoxy) is 1. The van der Waals surface area contributed by atoms with Crippen LogP contribution in [-0.4, -0.2) is 38.3 Å². The molecule has 1 fully saturated rings. The van der Waals surface area contributed by atoms with Crippen LogP contribution in [0.25, 0.3) is 0 Å². The lowest BCUT2D eigenvalue weighted by Crippen LogP contribution is -2.33. The second kappa shape index (κ2) is 7.53. The van der Waals surface area contributed by atoms with Gasteiger partial charge in [0.05, 0.1) is 17.9 Å². The number of carbonyl (C=O) groups excluding carboxylic acids is 1. The summed E-state index contributed by atoms with van der Waals surface area (Å²) in [5.41, 5.74) is 0.376. The number of hydrogen-bond donors (Lipinski definition) is 2. The Morgan fingerprint density at radius 3 is 3.00 bits per heavy atom. The van der Waals surface area contributed by atoms with Gasteiger partial charge in [-0.1, -0.05) is 0 Å². The van der Waals surface area contributed by atoms with Gasteiger partial charge in [-0.05, 0) is 50.0 Å². The molecule has 1 aliphatic heterocycles. The molecule has 19 heavy (non-hydrogen) atoms. The molecule has 0 radical (unpaired) electrons. The highest BCUT2D eigenvalue weighted by Gasteiger charge is 2.14. The molecule has 2 N–H and O–H groups in total. The van der Waals surface area contributed by atoms with E-state index in [4.69, 9.17) is 20.8 Å². The lowest BCUT2D eigenvalue weighted by Gasteiger charge is -2.22. The van der Waals surface area contributed by atoms with Gasteiger partial charge >= 0.3 is 0 Å². The summed E-state index contributed by atoms with van der Waals surface area (Å²) in [7, 11) is 0. The molecule has 2 heterocycles. The minimum absolute atomic E-state index is 0.128. The normalized spacial score (nSPS) is 16.5. The van der Waals surface area contributed by atoms with Crippen LogP contribution < -0.4 is 10.6 Å².